The van der Waals surface area contributed by atoms with Crippen LogP contribution in [0.5, 0.6) is 0 Å². The van der Waals surface area contributed by atoms with Crippen molar-refractivity contribution in [3.8, 4) is 0 Å². The number of amides is 1. The average molecular weight is 282 g/mol. The van der Waals surface area contributed by atoms with Gasteiger partial charge in [-0.1, -0.05) is 0 Å². The van der Waals surface area contributed by atoms with Gasteiger partial charge in [-0.3, -0.25) is 9.69 Å². The van der Waals surface area contributed by atoms with E-state index in [0.717, 1.165) is 64.8 Å². The maximum Gasteiger partial charge on any atom is 0.236 e. The SMILES string of the molecule is CN(CC(=O)N1CCCC1)C1CCC2(CC1)OCCO2. The van der Waals surface area contributed by atoms with Gasteiger partial charge in [-0.15, -0.1) is 0 Å². The molecule has 0 radical (unpaired) electrons. The molecule has 0 aromatic heterocycles. The lowest BCUT2D eigenvalue weighted by Crippen LogP contribution is -2.46. The number of hydrogen-bond acceptors (Lipinski definition) is 4. The molecule has 2 saturated heterocycles. The van der Waals surface area contributed by atoms with Gasteiger partial charge in [0.05, 0.1) is 19.8 Å². The lowest BCUT2D eigenvalue weighted by atomic mass is 9.89. The number of hydrogen-bond donors (Lipinski definition) is 0. The van der Waals surface area contributed by atoms with Gasteiger partial charge in [-0.25, -0.2) is 0 Å². The minimum absolute atomic E-state index is 0.290. The molecule has 5 heteroatoms. The molecule has 3 fully saturated rings. The van der Waals surface area contributed by atoms with Gasteiger partial charge in [-0.2, -0.15) is 0 Å². The van der Waals surface area contributed by atoms with Crippen LogP contribution in [-0.4, -0.2) is 67.4 Å². The van der Waals surface area contributed by atoms with Crippen LogP contribution >= 0.6 is 0 Å². The highest BCUT2D eigenvalue weighted by Gasteiger charge is 2.41. The highest BCUT2D eigenvalue weighted by atomic mass is 16.7. The number of rotatable bonds is 3. The van der Waals surface area contributed by atoms with E-state index in [2.05, 4.69) is 11.9 Å². The zero-order valence-corrected chi connectivity index (χ0v) is 12.5. The minimum atomic E-state index is -0.295. The number of carbonyl (C=O) groups is 1. The van der Waals surface area contributed by atoms with E-state index < -0.39 is 0 Å². The first-order valence-electron chi connectivity index (χ1n) is 7.94. The van der Waals surface area contributed by atoms with Crippen molar-refractivity contribution < 1.29 is 14.3 Å². The number of ether oxygens (including phenoxy) is 2. The zero-order valence-electron chi connectivity index (χ0n) is 12.5. The fraction of sp³-hybridized carbons (Fsp3) is 0.933. The number of nitrogens with zero attached hydrogens (tertiary/aromatic N) is 2. The predicted octanol–water partition coefficient (Wildman–Crippen LogP) is 1.23. The van der Waals surface area contributed by atoms with E-state index in [9.17, 15) is 4.79 Å². The van der Waals surface area contributed by atoms with E-state index >= 15 is 0 Å². The molecule has 0 N–H and O–H groups in total. The minimum Gasteiger partial charge on any atom is -0.348 e. The molecule has 1 aliphatic carbocycles. The third kappa shape index (κ3) is 3.00. The Hall–Kier alpha value is -0.650. The second-order valence-electron chi connectivity index (χ2n) is 6.34. The van der Waals surface area contributed by atoms with Crippen molar-refractivity contribution in [3.63, 3.8) is 0 Å². The Bertz CT molecular complexity index is 339. The smallest absolute Gasteiger partial charge is 0.236 e. The second-order valence-corrected chi connectivity index (χ2v) is 6.34. The summed E-state index contributed by atoms with van der Waals surface area (Å²) in [6.45, 7) is 3.91. The van der Waals surface area contributed by atoms with Gasteiger partial charge in [0, 0.05) is 32.0 Å². The molecular formula is C15H26N2O3. The second kappa shape index (κ2) is 6.00. The fourth-order valence-corrected chi connectivity index (χ4v) is 3.68. The highest BCUT2D eigenvalue weighted by molar-refractivity contribution is 5.78. The first-order chi connectivity index (χ1) is 9.69. The molecule has 0 aromatic rings. The molecule has 3 rings (SSSR count). The summed E-state index contributed by atoms with van der Waals surface area (Å²) in [6.07, 6.45) is 6.36. The lowest BCUT2D eigenvalue weighted by molar-refractivity contribution is -0.183. The van der Waals surface area contributed by atoms with E-state index in [1.807, 2.05) is 4.90 Å². The van der Waals surface area contributed by atoms with E-state index in [0.29, 0.717) is 18.5 Å². The number of likely N-dealkylation sites (N-methyl/N-ethyl adjacent to an activating group) is 1. The molecule has 0 atom stereocenters. The topological polar surface area (TPSA) is 42.0 Å². The Morgan fingerprint density at radius 3 is 2.40 bits per heavy atom. The summed E-state index contributed by atoms with van der Waals surface area (Å²) in [7, 11) is 2.08. The summed E-state index contributed by atoms with van der Waals surface area (Å²) in [5.41, 5.74) is 0. The van der Waals surface area contributed by atoms with Crippen molar-refractivity contribution in [1.82, 2.24) is 9.80 Å². The van der Waals surface area contributed by atoms with E-state index in [-0.39, 0.29) is 5.79 Å². The van der Waals surface area contributed by atoms with Gasteiger partial charge in [0.1, 0.15) is 0 Å². The van der Waals surface area contributed by atoms with Crippen LogP contribution < -0.4 is 0 Å². The van der Waals surface area contributed by atoms with Crippen molar-refractivity contribution in [2.45, 2.75) is 50.4 Å². The van der Waals surface area contributed by atoms with Crippen molar-refractivity contribution in [2.75, 3.05) is 39.9 Å². The summed E-state index contributed by atoms with van der Waals surface area (Å²) >= 11 is 0. The molecule has 0 unspecified atom stereocenters. The summed E-state index contributed by atoms with van der Waals surface area (Å²) in [5, 5.41) is 0. The van der Waals surface area contributed by atoms with Crippen LogP contribution in [0, 0.1) is 0 Å². The predicted molar refractivity (Wildman–Crippen MR) is 75.3 cm³/mol. The molecule has 114 valence electrons. The molecule has 1 saturated carbocycles. The molecule has 0 aromatic carbocycles. The standard InChI is InChI=1S/C15H26N2O3/c1-16(12-14(18)17-8-2-3-9-17)13-4-6-15(7-5-13)19-10-11-20-15/h13H,2-12H2,1H3. The van der Waals surface area contributed by atoms with Gasteiger partial charge in [0.15, 0.2) is 5.79 Å². The molecule has 2 aliphatic heterocycles. The van der Waals surface area contributed by atoms with Crippen molar-refractivity contribution in [3.05, 3.63) is 0 Å². The molecule has 3 aliphatic rings. The van der Waals surface area contributed by atoms with Crippen molar-refractivity contribution in [1.29, 1.82) is 0 Å². The van der Waals surface area contributed by atoms with Gasteiger partial charge >= 0.3 is 0 Å². The molecule has 2 heterocycles. The van der Waals surface area contributed by atoms with Crippen LogP contribution in [0.1, 0.15) is 38.5 Å². The molecule has 1 amide bonds. The van der Waals surface area contributed by atoms with E-state index in [1.54, 1.807) is 0 Å². The van der Waals surface area contributed by atoms with Gasteiger partial charge in [0.25, 0.3) is 0 Å². The zero-order chi connectivity index (χ0) is 14.0. The first-order valence-corrected chi connectivity index (χ1v) is 7.94. The van der Waals surface area contributed by atoms with E-state index in [1.165, 1.54) is 0 Å². The van der Waals surface area contributed by atoms with Crippen molar-refractivity contribution in [2.24, 2.45) is 0 Å². The first kappa shape index (κ1) is 14.3. The van der Waals surface area contributed by atoms with Gasteiger partial charge in [-0.05, 0) is 32.7 Å². The summed E-state index contributed by atoms with van der Waals surface area (Å²) in [4.78, 5) is 16.4. The molecule has 1 spiro atoms. The van der Waals surface area contributed by atoms with Crippen molar-refractivity contribution >= 4 is 5.91 Å². The summed E-state index contributed by atoms with van der Waals surface area (Å²) in [6, 6.07) is 0.486. The van der Waals surface area contributed by atoms with Gasteiger partial charge < -0.3 is 14.4 Å². The molecule has 0 bridgehead atoms. The maximum absolute atomic E-state index is 12.2. The average Bonchev–Trinajstić information content (AvgIpc) is 3.11. The van der Waals surface area contributed by atoms with Crippen LogP contribution in [0.4, 0.5) is 0 Å². The Morgan fingerprint density at radius 1 is 1.20 bits per heavy atom. The third-order valence-electron chi connectivity index (χ3n) is 5.00. The van der Waals surface area contributed by atoms with Crippen LogP contribution in [-0.2, 0) is 14.3 Å². The highest BCUT2D eigenvalue weighted by Crippen LogP contribution is 2.37. The normalized spacial score (nSPS) is 26.8. The van der Waals surface area contributed by atoms with Crippen LogP contribution in [0.25, 0.3) is 0 Å². The molecule has 20 heavy (non-hydrogen) atoms. The summed E-state index contributed by atoms with van der Waals surface area (Å²) in [5.74, 6) is -0.00492. The Morgan fingerprint density at radius 2 is 1.80 bits per heavy atom. The van der Waals surface area contributed by atoms with Gasteiger partial charge in [0.2, 0.25) is 5.91 Å². The molecular weight excluding hydrogens is 256 g/mol. The third-order valence-corrected chi connectivity index (χ3v) is 5.00. The number of carbonyl (C=O) groups excluding carboxylic acids is 1. The van der Waals surface area contributed by atoms with Crippen LogP contribution in [0.3, 0.4) is 0 Å². The largest absolute Gasteiger partial charge is 0.348 e. The summed E-state index contributed by atoms with van der Waals surface area (Å²) < 4.78 is 11.5. The maximum atomic E-state index is 12.2. The van der Waals surface area contributed by atoms with Crippen LogP contribution in [0.2, 0.25) is 0 Å². The van der Waals surface area contributed by atoms with Crippen LogP contribution in [0.15, 0.2) is 0 Å². The fourth-order valence-electron chi connectivity index (χ4n) is 3.68. The number of likely N-dealkylation sites (tertiary alicyclic amines) is 1. The Labute approximate surface area is 121 Å². The lowest BCUT2D eigenvalue weighted by Gasteiger charge is -2.39. The quantitative estimate of drug-likeness (QED) is 0.781. The Kier molecular flexibility index (Phi) is 4.29. The molecule has 5 nitrogen and oxygen atoms in total. The Balaban J connectivity index is 1.46. The van der Waals surface area contributed by atoms with E-state index in [4.69, 9.17) is 9.47 Å². The monoisotopic (exact) mass is 282 g/mol.